The van der Waals surface area contributed by atoms with Crippen LogP contribution in [0.5, 0.6) is 0 Å². The summed E-state index contributed by atoms with van der Waals surface area (Å²) in [5, 5.41) is 3.65. The molecule has 11 rings (SSSR count). The normalized spacial score (nSPS) is 14.9. The molecule has 0 aliphatic carbocycles. The lowest BCUT2D eigenvalue weighted by atomic mass is 9.42. The second-order valence-electron chi connectivity index (χ2n) is 16.5. The van der Waals surface area contributed by atoms with Crippen molar-refractivity contribution >= 4 is 68.1 Å². The molecule has 0 fully saturated rings. The summed E-state index contributed by atoms with van der Waals surface area (Å²) in [5.74, 6) is 0.883. The predicted octanol–water partition coefficient (Wildman–Crippen LogP) is 11.9. The fourth-order valence-electron chi connectivity index (χ4n) is 9.64. The van der Waals surface area contributed by atoms with E-state index in [2.05, 4.69) is 190 Å². The SMILES string of the molecule is CC(C)(C)c1ccc(N2c3cc4ccccc4c4c3B(c3c2oc2ccccc32)N2c3ccccc3C(C)(C)c3cccc-4c32)c(-c2ccccc2)c1. The van der Waals surface area contributed by atoms with Gasteiger partial charge >= 0.3 is 6.85 Å². The average Bonchev–Trinajstić information content (AvgIpc) is 3.56. The maximum absolute atomic E-state index is 7.17. The van der Waals surface area contributed by atoms with Crippen molar-refractivity contribution in [1.82, 2.24) is 0 Å². The van der Waals surface area contributed by atoms with Crippen LogP contribution < -0.4 is 20.6 Å². The number of hydrogen-bond donors (Lipinski definition) is 0. The molecule has 0 saturated carbocycles. The largest absolute Gasteiger partial charge is 0.440 e. The van der Waals surface area contributed by atoms with E-state index in [4.69, 9.17) is 4.42 Å². The highest BCUT2D eigenvalue weighted by Gasteiger charge is 2.52. The van der Waals surface area contributed by atoms with E-state index >= 15 is 0 Å². The highest BCUT2D eigenvalue weighted by Crippen LogP contribution is 2.57. The summed E-state index contributed by atoms with van der Waals surface area (Å²) >= 11 is 0. The smallest absolute Gasteiger partial charge is 0.337 e. The van der Waals surface area contributed by atoms with Crippen molar-refractivity contribution in [2.24, 2.45) is 0 Å². The molecule has 0 unspecified atom stereocenters. The average molecular weight is 683 g/mol. The number of benzene rings is 7. The predicted molar refractivity (Wildman–Crippen MR) is 224 cm³/mol. The highest BCUT2D eigenvalue weighted by molar-refractivity contribution is 6.95. The molecule has 3 nitrogen and oxygen atoms in total. The Kier molecular flexibility index (Phi) is 6.09. The summed E-state index contributed by atoms with van der Waals surface area (Å²) in [6.07, 6.45) is 0. The molecule has 3 aliphatic heterocycles. The van der Waals surface area contributed by atoms with Gasteiger partial charge in [-0.1, -0.05) is 150 Å². The summed E-state index contributed by atoms with van der Waals surface area (Å²) in [6, 6.07) is 53.9. The van der Waals surface area contributed by atoms with Crippen LogP contribution >= 0.6 is 0 Å². The minimum absolute atomic E-state index is 0.0153. The molecule has 0 radical (unpaired) electrons. The summed E-state index contributed by atoms with van der Waals surface area (Å²) in [7, 11) is 0. The Morgan fingerprint density at radius 3 is 2.13 bits per heavy atom. The summed E-state index contributed by atoms with van der Waals surface area (Å²) in [4.78, 5) is 5.10. The molecule has 0 saturated heterocycles. The second kappa shape index (κ2) is 10.5. The number of nitrogens with zero attached hydrogens (tertiary/aromatic N) is 2. The van der Waals surface area contributed by atoms with Crippen molar-refractivity contribution in [3.8, 4) is 22.3 Å². The molecular weight excluding hydrogens is 643 g/mol. The van der Waals surface area contributed by atoms with Gasteiger partial charge in [0.15, 0.2) is 0 Å². The molecule has 7 aromatic carbocycles. The van der Waals surface area contributed by atoms with Gasteiger partial charge in [0.2, 0.25) is 5.88 Å². The van der Waals surface area contributed by atoms with Gasteiger partial charge in [-0.05, 0) is 79.8 Å². The van der Waals surface area contributed by atoms with E-state index in [0.717, 1.165) is 28.2 Å². The van der Waals surface area contributed by atoms with Crippen LogP contribution in [0.1, 0.15) is 51.3 Å². The Balaban J connectivity index is 1.33. The van der Waals surface area contributed by atoms with Gasteiger partial charge in [0, 0.05) is 44.5 Å². The molecule has 8 aromatic rings. The fraction of sp³-hybridized carbons (Fsp3) is 0.143. The standard InChI is InChI=1S/C49H39BN2O/c1-48(2,3)32-26-27-39(36(29-32)30-16-7-6-8-17-30)51-41-28-31-18-9-10-19-33(31)43-35-21-15-23-38-46(35)52(40-24-13-12-22-37(40)49(38,4)5)50(45(41)43)44-34-20-11-14-25-42(34)53-47(44)51/h6-29H,1-5H3. The van der Waals surface area contributed by atoms with Crippen LogP contribution in [0, 0.1) is 0 Å². The molecule has 3 aliphatic rings. The zero-order chi connectivity index (χ0) is 35.8. The van der Waals surface area contributed by atoms with Crippen LogP contribution in [0.3, 0.4) is 0 Å². The van der Waals surface area contributed by atoms with Gasteiger partial charge in [-0.15, -0.1) is 0 Å². The second-order valence-corrected chi connectivity index (χ2v) is 16.5. The first-order chi connectivity index (χ1) is 25.7. The van der Waals surface area contributed by atoms with Crippen molar-refractivity contribution in [2.75, 3.05) is 9.71 Å². The van der Waals surface area contributed by atoms with Gasteiger partial charge in [-0.2, -0.15) is 0 Å². The van der Waals surface area contributed by atoms with E-state index in [1.807, 2.05) is 0 Å². The lowest BCUT2D eigenvalue weighted by molar-refractivity contribution is 0.590. The Bertz CT molecular complexity index is 2820. The van der Waals surface area contributed by atoms with Gasteiger partial charge in [0.1, 0.15) is 5.58 Å². The Hall–Kier alpha value is -6.00. The molecule has 53 heavy (non-hydrogen) atoms. The molecule has 4 heterocycles. The minimum Gasteiger partial charge on any atom is -0.440 e. The highest BCUT2D eigenvalue weighted by atomic mass is 16.4. The first-order valence-electron chi connectivity index (χ1n) is 18.8. The summed E-state index contributed by atoms with van der Waals surface area (Å²) in [6.45, 7) is 11.5. The van der Waals surface area contributed by atoms with Gasteiger partial charge in [-0.25, -0.2) is 0 Å². The lowest BCUT2D eigenvalue weighted by Crippen LogP contribution is -2.62. The van der Waals surface area contributed by atoms with Crippen LogP contribution in [0.25, 0.3) is 44.0 Å². The van der Waals surface area contributed by atoms with Crippen LogP contribution in [-0.4, -0.2) is 6.85 Å². The first kappa shape index (κ1) is 30.6. The zero-order valence-corrected chi connectivity index (χ0v) is 30.7. The van der Waals surface area contributed by atoms with E-state index in [1.54, 1.807) is 0 Å². The number of fused-ring (bicyclic) bond motifs is 10. The van der Waals surface area contributed by atoms with E-state index in [9.17, 15) is 0 Å². The van der Waals surface area contributed by atoms with Gasteiger partial charge < -0.3 is 9.23 Å². The van der Waals surface area contributed by atoms with Gasteiger partial charge in [0.25, 0.3) is 0 Å². The van der Waals surface area contributed by atoms with Crippen LogP contribution in [-0.2, 0) is 10.8 Å². The summed E-state index contributed by atoms with van der Waals surface area (Å²) < 4.78 is 7.17. The van der Waals surface area contributed by atoms with Crippen molar-refractivity contribution in [3.05, 3.63) is 162 Å². The van der Waals surface area contributed by atoms with Crippen molar-refractivity contribution in [1.29, 1.82) is 0 Å². The Labute approximate surface area is 311 Å². The van der Waals surface area contributed by atoms with Gasteiger partial charge in [-0.3, -0.25) is 4.90 Å². The zero-order valence-electron chi connectivity index (χ0n) is 30.7. The minimum atomic E-state index is -0.176. The lowest BCUT2D eigenvalue weighted by Gasteiger charge is -2.50. The number of hydrogen-bond acceptors (Lipinski definition) is 3. The topological polar surface area (TPSA) is 19.6 Å². The van der Waals surface area contributed by atoms with Crippen LogP contribution in [0.15, 0.2) is 150 Å². The maximum Gasteiger partial charge on any atom is 0.337 e. The third-order valence-corrected chi connectivity index (χ3v) is 12.2. The molecule has 0 bridgehead atoms. The van der Waals surface area contributed by atoms with Crippen molar-refractivity contribution < 1.29 is 4.42 Å². The first-order valence-corrected chi connectivity index (χ1v) is 18.8. The molecule has 4 heteroatoms. The van der Waals surface area contributed by atoms with Crippen LogP contribution in [0.2, 0.25) is 0 Å². The van der Waals surface area contributed by atoms with Crippen molar-refractivity contribution in [2.45, 2.75) is 45.4 Å². The van der Waals surface area contributed by atoms with E-state index in [-0.39, 0.29) is 17.7 Å². The molecule has 1 aromatic heterocycles. The number of anilines is 5. The molecule has 0 amide bonds. The van der Waals surface area contributed by atoms with E-state index in [0.29, 0.717) is 0 Å². The Morgan fingerprint density at radius 1 is 0.585 bits per heavy atom. The molecule has 0 N–H and O–H groups in total. The quantitative estimate of drug-likeness (QED) is 0.169. The monoisotopic (exact) mass is 682 g/mol. The van der Waals surface area contributed by atoms with Gasteiger partial charge in [0.05, 0.1) is 5.69 Å². The fourth-order valence-corrected chi connectivity index (χ4v) is 9.64. The van der Waals surface area contributed by atoms with Crippen molar-refractivity contribution in [3.63, 3.8) is 0 Å². The Morgan fingerprint density at radius 2 is 1.30 bits per heavy atom. The number of rotatable bonds is 2. The summed E-state index contributed by atoms with van der Waals surface area (Å²) in [5.41, 5.74) is 17.1. The third-order valence-electron chi connectivity index (χ3n) is 12.2. The van der Waals surface area contributed by atoms with E-state index < -0.39 is 0 Å². The molecule has 0 spiro atoms. The van der Waals surface area contributed by atoms with E-state index in [1.165, 1.54) is 72.0 Å². The molecule has 254 valence electrons. The van der Waals surface area contributed by atoms with Crippen LogP contribution in [0.4, 0.5) is 28.6 Å². The third kappa shape index (κ3) is 4.07. The molecule has 0 atom stereocenters. The maximum atomic E-state index is 7.17. The molecular formula is C49H39BN2O. The number of para-hydroxylation sites is 3. The number of furan rings is 1.